The molecule has 0 spiro atoms. The molecule has 1 aromatic heterocycles. The summed E-state index contributed by atoms with van der Waals surface area (Å²) in [7, 11) is 0. The molecule has 0 aliphatic rings. The van der Waals surface area contributed by atoms with Crippen LogP contribution in [0.3, 0.4) is 0 Å². The fraction of sp³-hybridized carbons (Fsp3) is 0.115. The van der Waals surface area contributed by atoms with Gasteiger partial charge in [-0.1, -0.05) is 75.1 Å². The summed E-state index contributed by atoms with van der Waals surface area (Å²) in [4.78, 5) is 27.5. The fourth-order valence-electron chi connectivity index (χ4n) is 3.20. The summed E-state index contributed by atoms with van der Waals surface area (Å²) in [5.41, 5.74) is 3.99. The average Bonchev–Trinajstić information content (AvgIpc) is 3.15. The second-order valence-electron chi connectivity index (χ2n) is 6.53. The Balaban J connectivity index is 0.00000176. The second kappa shape index (κ2) is 12.5. The number of H-pyrrole nitrogens is 1. The van der Waals surface area contributed by atoms with E-state index in [1.807, 2.05) is 62.4 Å². The lowest BCUT2D eigenvalue weighted by Gasteiger charge is -2.07. The number of fused-ring (bicyclic) bond motifs is 1. The summed E-state index contributed by atoms with van der Waals surface area (Å²) >= 11 is 0. The van der Waals surface area contributed by atoms with Gasteiger partial charge in [-0.15, -0.1) is 0 Å². The number of nitrogens with zero attached hydrogens (tertiary/aromatic N) is 1. The number of rotatable bonds is 8. The van der Waals surface area contributed by atoms with Crippen LogP contribution in [0.25, 0.3) is 17.0 Å². The summed E-state index contributed by atoms with van der Waals surface area (Å²) < 4.78 is 0. The Bertz CT molecular complexity index is 1160. The maximum atomic E-state index is 12.4. The Morgan fingerprint density at radius 2 is 1.91 bits per heavy atom. The molecule has 6 nitrogen and oxygen atoms in total. The number of nitrogens with two attached hydrogens (primary N) is 1. The third kappa shape index (κ3) is 6.15. The van der Waals surface area contributed by atoms with Gasteiger partial charge in [0.1, 0.15) is 0 Å². The third-order valence-corrected chi connectivity index (χ3v) is 4.44. The molecular weight excluding hydrogens is 400 g/mol. The molecule has 0 bridgehead atoms. The first kappa shape index (κ1) is 24.1. The molecule has 0 saturated heterocycles. The van der Waals surface area contributed by atoms with Gasteiger partial charge in [-0.05, 0) is 23.8 Å². The van der Waals surface area contributed by atoms with Crippen LogP contribution in [0, 0.1) is 0 Å². The van der Waals surface area contributed by atoms with Crippen LogP contribution in [-0.4, -0.2) is 23.4 Å². The average molecular weight is 429 g/mol. The number of nitrogens with one attached hydrogen (secondary N) is 2. The number of aromatic nitrogens is 1. The predicted molar refractivity (Wildman–Crippen MR) is 134 cm³/mol. The quantitative estimate of drug-likeness (QED) is 0.150. The van der Waals surface area contributed by atoms with Crippen molar-refractivity contribution in [3.8, 4) is 0 Å². The van der Waals surface area contributed by atoms with E-state index in [2.05, 4.69) is 22.0 Å². The van der Waals surface area contributed by atoms with Crippen molar-refractivity contribution >= 4 is 41.1 Å². The lowest BCUT2D eigenvalue weighted by Crippen LogP contribution is -2.14. The van der Waals surface area contributed by atoms with Crippen molar-refractivity contribution in [1.29, 1.82) is 0 Å². The molecule has 0 radical (unpaired) electrons. The van der Waals surface area contributed by atoms with E-state index < -0.39 is 0 Å². The van der Waals surface area contributed by atoms with Crippen molar-refractivity contribution < 1.29 is 9.59 Å². The molecule has 0 unspecified atom stereocenters. The topological polar surface area (TPSA) is 100 Å². The van der Waals surface area contributed by atoms with Crippen LogP contribution in [0.2, 0.25) is 0 Å². The molecule has 1 heterocycles. The molecule has 0 fully saturated rings. The van der Waals surface area contributed by atoms with E-state index in [0.29, 0.717) is 27.7 Å². The first-order valence-corrected chi connectivity index (χ1v) is 10.3. The van der Waals surface area contributed by atoms with Crippen LogP contribution in [0.1, 0.15) is 41.0 Å². The lowest BCUT2D eigenvalue weighted by molar-refractivity contribution is -0.115. The molecule has 0 saturated carbocycles. The number of benzene rings is 2. The van der Waals surface area contributed by atoms with Crippen LogP contribution < -0.4 is 11.2 Å². The van der Waals surface area contributed by atoms with Gasteiger partial charge in [-0.25, -0.2) is 0 Å². The zero-order valence-electron chi connectivity index (χ0n) is 18.3. The Morgan fingerprint density at radius 1 is 1.16 bits per heavy atom. The van der Waals surface area contributed by atoms with E-state index in [1.54, 1.807) is 24.3 Å². The zero-order valence-corrected chi connectivity index (χ0v) is 18.3. The van der Waals surface area contributed by atoms with E-state index in [-0.39, 0.29) is 12.3 Å². The largest absolute Gasteiger partial charge is 0.354 e. The Morgan fingerprint density at radius 3 is 2.56 bits per heavy atom. The maximum Gasteiger partial charge on any atom is 0.228 e. The fourth-order valence-corrected chi connectivity index (χ4v) is 3.20. The summed E-state index contributed by atoms with van der Waals surface area (Å²) in [5, 5.41) is 7.18. The van der Waals surface area contributed by atoms with Gasteiger partial charge in [-0.3, -0.25) is 9.59 Å². The molecule has 2 aromatic carbocycles. The number of hydrazone groups is 1. The van der Waals surface area contributed by atoms with Gasteiger partial charge >= 0.3 is 0 Å². The van der Waals surface area contributed by atoms with Gasteiger partial charge in [0, 0.05) is 33.4 Å². The Hall–Kier alpha value is -4.19. The molecule has 32 heavy (non-hydrogen) atoms. The zero-order chi connectivity index (χ0) is 23.3. The van der Waals surface area contributed by atoms with E-state index in [9.17, 15) is 9.59 Å². The minimum absolute atomic E-state index is 0.164. The highest BCUT2D eigenvalue weighted by Crippen LogP contribution is 2.28. The smallest absolute Gasteiger partial charge is 0.228 e. The third-order valence-electron chi connectivity index (χ3n) is 4.44. The SMILES string of the molecule is C=C/C=C\C=C\c1[nH]c2cc(NC(=O)Cc3ccccc3)cc(C=O)c2c1/C=N\N.CC. The monoisotopic (exact) mass is 428 g/mol. The van der Waals surface area contributed by atoms with Gasteiger partial charge in [-0.2, -0.15) is 5.10 Å². The van der Waals surface area contributed by atoms with Gasteiger partial charge in [0.15, 0.2) is 6.29 Å². The molecule has 0 aliphatic carbocycles. The number of hydrogen-bond acceptors (Lipinski definition) is 4. The molecule has 3 rings (SSSR count). The summed E-state index contributed by atoms with van der Waals surface area (Å²) in [6.45, 7) is 7.63. The van der Waals surface area contributed by atoms with Crippen molar-refractivity contribution in [3.63, 3.8) is 0 Å². The van der Waals surface area contributed by atoms with Crippen LogP contribution in [0.4, 0.5) is 5.69 Å². The van der Waals surface area contributed by atoms with Gasteiger partial charge in [0.2, 0.25) is 5.91 Å². The molecule has 1 amide bonds. The minimum Gasteiger partial charge on any atom is -0.354 e. The first-order chi connectivity index (χ1) is 15.7. The molecular formula is C26H28N4O2. The number of amides is 1. The number of carbonyl (C=O) groups excluding carboxylic acids is 2. The number of anilines is 1. The summed E-state index contributed by atoms with van der Waals surface area (Å²) in [5.74, 6) is 5.21. The van der Waals surface area contributed by atoms with E-state index >= 15 is 0 Å². The highest BCUT2D eigenvalue weighted by Gasteiger charge is 2.14. The van der Waals surface area contributed by atoms with Crippen LogP contribution in [0.5, 0.6) is 0 Å². The second-order valence-corrected chi connectivity index (χ2v) is 6.53. The highest BCUT2D eigenvalue weighted by atomic mass is 16.1. The Kier molecular flexibility index (Phi) is 9.40. The standard InChI is InChI=1S/C24H22N4O2.C2H6/c1-2-3-4-8-11-21-20(15-26-25)24-18(16-29)13-19(14-22(24)28-21)27-23(30)12-17-9-6-5-7-10-17;1-2/h2-11,13-16,28H,1,12,25H2,(H,27,30);1-2H3/b4-3-,11-8+,26-15-;. The number of aromatic amines is 1. The number of aldehydes is 1. The van der Waals surface area contributed by atoms with Crippen LogP contribution in [-0.2, 0) is 11.2 Å². The van der Waals surface area contributed by atoms with Crippen molar-refractivity contribution in [1.82, 2.24) is 4.98 Å². The van der Waals surface area contributed by atoms with Crippen molar-refractivity contribution in [2.24, 2.45) is 10.9 Å². The Labute approximate surface area is 188 Å². The maximum absolute atomic E-state index is 12.4. The lowest BCUT2D eigenvalue weighted by atomic mass is 10.0. The van der Waals surface area contributed by atoms with E-state index in [4.69, 9.17) is 5.84 Å². The van der Waals surface area contributed by atoms with Gasteiger partial charge in [0.05, 0.1) is 12.6 Å². The minimum atomic E-state index is -0.164. The molecule has 6 heteroatoms. The molecule has 0 aliphatic heterocycles. The van der Waals surface area contributed by atoms with Crippen molar-refractivity contribution in [3.05, 3.63) is 95.7 Å². The van der Waals surface area contributed by atoms with Gasteiger partial charge < -0.3 is 16.1 Å². The molecule has 0 atom stereocenters. The van der Waals surface area contributed by atoms with Crippen LogP contribution >= 0.6 is 0 Å². The number of allylic oxidation sites excluding steroid dienone is 4. The molecule has 3 aromatic rings. The number of hydrogen-bond donors (Lipinski definition) is 3. The van der Waals surface area contributed by atoms with E-state index in [0.717, 1.165) is 17.5 Å². The van der Waals surface area contributed by atoms with Crippen LogP contribution in [0.15, 0.2) is 78.4 Å². The van der Waals surface area contributed by atoms with E-state index in [1.165, 1.54) is 6.21 Å². The number of carbonyl (C=O) groups is 2. The molecule has 4 N–H and O–H groups in total. The highest BCUT2D eigenvalue weighted by molar-refractivity contribution is 6.11. The van der Waals surface area contributed by atoms with Crippen molar-refractivity contribution in [2.45, 2.75) is 20.3 Å². The summed E-state index contributed by atoms with van der Waals surface area (Å²) in [6, 6.07) is 12.9. The summed E-state index contributed by atoms with van der Waals surface area (Å²) in [6.07, 6.45) is 11.5. The predicted octanol–water partition coefficient (Wildman–Crippen LogP) is 5.24. The van der Waals surface area contributed by atoms with Gasteiger partial charge in [0.25, 0.3) is 0 Å². The normalized spacial score (nSPS) is 11.1. The van der Waals surface area contributed by atoms with Crippen molar-refractivity contribution in [2.75, 3.05) is 5.32 Å². The molecule has 164 valence electrons. The first-order valence-electron chi connectivity index (χ1n) is 10.3.